The molecular formula is C18H38IN5OS. The molecule has 0 spiro atoms. The Morgan fingerprint density at radius 1 is 1.23 bits per heavy atom. The highest BCUT2D eigenvalue weighted by Gasteiger charge is 2.22. The number of nitrogens with one attached hydrogen (secondary N) is 3. The van der Waals surface area contributed by atoms with Gasteiger partial charge in [-0.3, -0.25) is 14.7 Å². The van der Waals surface area contributed by atoms with Gasteiger partial charge in [0, 0.05) is 37.0 Å². The highest BCUT2D eigenvalue weighted by molar-refractivity contribution is 14.0. The minimum atomic E-state index is 0. The molecule has 1 aliphatic heterocycles. The molecule has 6 nitrogen and oxygen atoms in total. The smallest absolute Gasteiger partial charge is 0.234 e. The van der Waals surface area contributed by atoms with Gasteiger partial charge in [-0.15, -0.1) is 24.0 Å². The van der Waals surface area contributed by atoms with E-state index >= 15 is 0 Å². The average Bonchev–Trinajstić information content (AvgIpc) is 2.60. The molecule has 1 aliphatic rings. The third-order valence-corrected chi connectivity index (χ3v) is 5.62. The van der Waals surface area contributed by atoms with Crippen LogP contribution in [0.1, 0.15) is 47.0 Å². The lowest BCUT2D eigenvalue weighted by Gasteiger charge is -2.32. The van der Waals surface area contributed by atoms with Gasteiger partial charge in [0.2, 0.25) is 5.91 Å². The van der Waals surface area contributed by atoms with Crippen LogP contribution in [-0.4, -0.2) is 73.1 Å². The van der Waals surface area contributed by atoms with Gasteiger partial charge < -0.3 is 16.0 Å². The largest absolute Gasteiger partial charge is 0.357 e. The molecule has 1 heterocycles. The minimum absolute atomic E-state index is 0. The second-order valence-corrected chi connectivity index (χ2v) is 8.72. The number of carbonyl (C=O) groups is 1. The van der Waals surface area contributed by atoms with Crippen LogP contribution >= 0.6 is 35.7 Å². The van der Waals surface area contributed by atoms with Gasteiger partial charge in [-0.25, -0.2) is 0 Å². The van der Waals surface area contributed by atoms with Crippen LogP contribution in [0.4, 0.5) is 0 Å². The molecule has 0 unspecified atom stereocenters. The normalized spacial score (nSPS) is 16.7. The summed E-state index contributed by atoms with van der Waals surface area (Å²) in [6.45, 7) is 13.4. The zero-order valence-corrected chi connectivity index (χ0v) is 20.2. The van der Waals surface area contributed by atoms with Crippen LogP contribution in [0.15, 0.2) is 4.99 Å². The van der Waals surface area contributed by atoms with E-state index in [1.54, 1.807) is 0 Å². The van der Waals surface area contributed by atoms with Crippen LogP contribution in [0.5, 0.6) is 0 Å². The fraction of sp³-hybridized carbons (Fsp3) is 0.889. The molecule has 0 aromatic carbocycles. The highest BCUT2D eigenvalue weighted by atomic mass is 127. The molecular weight excluding hydrogens is 461 g/mol. The number of rotatable bonds is 9. The summed E-state index contributed by atoms with van der Waals surface area (Å²) in [4.78, 5) is 18.8. The van der Waals surface area contributed by atoms with E-state index in [0.717, 1.165) is 57.9 Å². The average molecular weight is 500 g/mol. The number of guanidine groups is 1. The number of nitrogens with zero attached hydrogens (tertiary/aromatic N) is 2. The van der Waals surface area contributed by atoms with E-state index in [-0.39, 0.29) is 34.6 Å². The van der Waals surface area contributed by atoms with E-state index in [0.29, 0.717) is 12.6 Å². The molecule has 0 bridgehead atoms. The predicted molar refractivity (Wildman–Crippen MR) is 125 cm³/mol. The number of hydrogen-bond acceptors (Lipinski definition) is 4. The zero-order valence-electron chi connectivity index (χ0n) is 17.1. The van der Waals surface area contributed by atoms with Crippen molar-refractivity contribution in [3.05, 3.63) is 0 Å². The number of aliphatic imine (C=N–C) groups is 1. The molecule has 0 atom stereocenters. The highest BCUT2D eigenvalue weighted by Crippen LogP contribution is 2.21. The molecule has 1 fully saturated rings. The summed E-state index contributed by atoms with van der Waals surface area (Å²) >= 11 is 1.84. The van der Waals surface area contributed by atoms with Gasteiger partial charge in [0.25, 0.3) is 0 Å². The van der Waals surface area contributed by atoms with Gasteiger partial charge in [-0.05, 0) is 46.3 Å². The molecule has 8 heteroatoms. The second kappa shape index (κ2) is 13.9. The third kappa shape index (κ3) is 10.8. The Morgan fingerprint density at radius 2 is 1.88 bits per heavy atom. The van der Waals surface area contributed by atoms with Crippen molar-refractivity contribution in [2.24, 2.45) is 4.99 Å². The first-order chi connectivity index (χ1) is 11.9. The van der Waals surface area contributed by atoms with Gasteiger partial charge >= 0.3 is 0 Å². The van der Waals surface area contributed by atoms with E-state index < -0.39 is 0 Å². The Morgan fingerprint density at radius 3 is 2.42 bits per heavy atom. The molecule has 0 aliphatic carbocycles. The fourth-order valence-electron chi connectivity index (χ4n) is 2.61. The fourth-order valence-corrected chi connectivity index (χ4v) is 2.80. The number of likely N-dealkylation sites (tertiary alicyclic amines) is 1. The van der Waals surface area contributed by atoms with Crippen molar-refractivity contribution in [3.63, 3.8) is 0 Å². The summed E-state index contributed by atoms with van der Waals surface area (Å²) < 4.78 is 0.150. The monoisotopic (exact) mass is 499 g/mol. The first kappa shape index (κ1) is 25.8. The summed E-state index contributed by atoms with van der Waals surface area (Å²) in [5.74, 6) is 1.05. The third-order valence-electron chi connectivity index (χ3n) is 4.38. The number of halogens is 1. The van der Waals surface area contributed by atoms with Gasteiger partial charge in [0.1, 0.15) is 0 Å². The van der Waals surface area contributed by atoms with Crippen LogP contribution in [0, 0.1) is 0 Å². The summed E-state index contributed by atoms with van der Waals surface area (Å²) in [7, 11) is 0. The summed E-state index contributed by atoms with van der Waals surface area (Å²) in [6, 6.07) is 0.421. The van der Waals surface area contributed by atoms with Gasteiger partial charge in [0.15, 0.2) is 5.96 Å². The standard InChI is InChI=1S/C18H37N5OS.HI/c1-6-10-20-16(24)13-23-11-8-15(9-12-23)22-17(19-7-2)21-14-18(3,4)25-5;/h15H,6-14H2,1-5H3,(H,20,24)(H2,19,21,22);1H. The maximum Gasteiger partial charge on any atom is 0.234 e. The summed E-state index contributed by atoms with van der Waals surface area (Å²) in [5.41, 5.74) is 0. The quantitative estimate of drug-likeness (QED) is 0.258. The van der Waals surface area contributed by atoms with Crippen LogP contribution in [0.2, 0.25) is 0 Å². The zero-order chi connectivity index (χ0) is 18.7. The van der Waals surface area contributed by atoms with Crippen molar-refractivity contribution < 1.29 is 4.79 Å². The topological polar surface area (TPSA) is 68.8 Å². The Labute approximate surface area is 181 Å². The molecule has 3 N–H and O–H groups in total. The number of piperidine rings is 1. The van der Waals surface area contributed by atoms with E-state index in [1.165, 1.54) is 0 Å². The first-order valence-corrected chi connectivity index (χ1v) is 10.7. The molecule has 0 radical (unpaired) electrons. The molecule has 1 saturated heterocycles. The van der Waals surface area contributed by atoms with Crippen molar-refractivity contribution in [1.82, 2.24) is 20.9 Å². The maximum atomic E-state index is 11.8. The molecule has 154 valence electrons. The summed E-state index contributed by atoms with van der Waals surface area (Å²) in [6.07, 6.45) is 5.19. The Hall–Kier alpha value is -0.220. The van der Waals surface area contributed by atoms with Gasteiger partial charge in [-0.1, -0.05) is 6.92 Å². The molecule has 1 amide bonds. The summed E-state index contributed by atoms with van der Waals surface area (Å²) in [5, 5.41) is 9.86. The van der Waals surface area contributed by atoms with Crippen molar-refractivity contribution >= 4 is 47.6 Å². The van der Waals surface area contributed by atoms with E-state index in [2.05, 4.69) is 54.8 Å². The first-order valence-electron chi connectivity index (χ1n) is 9.49. The van der Waals surface area contributed by atoms with Gasteiger partial charge in [0.05, 0.1) is 13.1 Å². The second-order valence-electron chi connectivity index (χ2n) is 7.20. The molecule has 26 heavy (non-hydrogen) atoms. The molecule has 0 aromatic rings. The molecule has 0 saturated carbocycles. The Bertz CT molecular complexity index is 426. The molecule has 0 aromatic heterocycles. The van der Waals surface area contributed by atoms with Gasteiger partial charge in [-0.2, -0.15) is 11.8 Å². The molecule has 1 rings (SSSR count). The minimum Gasteiger partial charge on any atom is -0.357 e. The van der Waals surface area contributed by atoms with Crippen LogP contribution < -0.4 is 16.0 Å². The number of hydrogen-bond donors (Lipinski definition) is 3. The maximum absolute atomic E-state index is 11.8. The number of thioether (sulfide) groups is 1. The SMILES string of the molecule is CCCNC(=O)CN1CCC(NC(=NCC(C)(C)SC)NCC)CC1.I. The van der Waals surface area contributed by atoms with E-state index in [4.69, 9.17) is 4.99 Å². The van der Waals surface area contributed by atoms with Crippen LogP contribution in [-0.2, 0) is 4.79 Å². The Kier molecular flexibility index (Phi) is 13.8. The van der Waals surface area contributed by atoms with Crippen LogP contribution in [0.3, 0.4) is 0 Å². The van der Waals surface area contributed by atoms with E-state index in [9.17, 15) is 4.79 Å². The number of carbonyl (C=O) groups excluding carboxylic acids is 1. The number of amides is 1. The van der Waals surface area contributed by atoms with E-state index in [1.807, 2.05) is 11.8 Å². The lowest BCUT2D eigenvalue weighted by atomic mass is 10.1. The lowest BCUT2D eigenvalue weighted by Crippen LogP contribution is -2.50. The Balaban J connectivity index is 0.00000625. The van der Waals surface area contributed by atoms with Crippen molar-refractivity contribution in [2.45, 2.75) is 57.7 Å². The van der Waals surface area contributed by atoms with Crippen molar-refractivity contribution in [1.29, 1.82) is 0 Å². The van der Waals surface area contributed by atoms with Crippen molar-refractivity contribution in [3.8, 4) is 0 Å². The van der Waals surface area contributed by atoms with Crippen LogP contribution in [0.25, 0.3) is 0 Å². The predicted octanol–water partition coefficient (Wildman–Crippen LogP) is 2.29. The van der Waals surface area contributed by atoms with Crippen molar-refractivity contribution in [2.75, 3.05) is 45.5 Å². The lowest BCUT2D eigenvalue weighted by molar-refractivity contribution is -0.122.